The molecule has 0 aromatic heterocycles. The van der Waals surface area contributed by atoms with Gasteiger partial charge in [0.2, 0.25) is 5.91 Å². The molecule has 0 unspecified atom stereocenters. The monoisotopic (exact) mass is 376 g/mol. The van der Waals surface area contributed by atoms with E-state index < -0.39 is 0 Å². The van der Waals surface area contributed by atoms with Crippen LogP contribution in [0.2, 0.25) is 5.02 Å². The molecule has 2 rings (SSSR count). The maximum absolute atomic E-state index is 13.7. The molecule has 0 aliphatic carbocycles. The van der Waals surface area contributed by atoms with Gasteiger partial charge < -0.3 is 14.8 Å². The molecule has 0 aliphatic rings. The number of carbonyl (C=O) groups is 1. The summed E-state index contributed by atoms with van der Waals surface area (Å²) in [6.45, 7) is 0.391. The quantitative estimate of drug-likeness (QED) is 0.763. The van der Waals surface area contributed by atoms with E-state index in [1.165, 1.54) is 13.2 Å². The maximum Gasteiger partial charge on any atom is 0.234 e. The summed E-state index contributed by atoms with van der Waals surface area (Å²) in [6.07, 6.45) is 0.341. The molecule has 2 aromatic carbocycles. The SMILES string of the molecule is COc1cc(CCNC(=O)CC#N)cc(Cl)c1OCc1ccccc1F. The van der Waals surface area contributed by atoms with Gasteiger partial charge in [0, 0.05) is 12.1 Å². The molecule has 136 valence electrons. The van der Waals surface area contributed by atoms with Crippen LogP contribution < -0.4 is 14.8 Å². The summed E-state index contributed by atoms with van der Waals surface area (Å²) in [5, 5.41) is 11.4. The van der Waals surface area contributed by atoms with Crippen LogP contribution in [0, 0.1) is 17.1 Å². The van der Waals surface area contributed by atoms with Gasteiger partial charge in [-0.15, -0.1) is 0 Å². The summed E-state index contributed by atoms with van der Waals surface area (Å²) in [7, 11) is 1.49. The standard InChI is InChI=1S/C19H18ClFN2O3/c1-25-17-11-13(7-9-23-18(24)6-8-22)10-15(20)19(17)26-12-14-4-2-3-5-16(14)21/h2-5,10-11H,6-7,9,12H2,1H3,(H,23,24). The van der Waals surface area contributed by atoms with Crippen LogP contribution in [0.3, 0.4) is 0 Å². The zero-order valence-electron chi connectivity index (χ0n) is 14.2. The summed E-state index contributed by atoms with van der Waals surface area (Å²) in [5.74, 6) is 0.0737. The Labute approximate surface area is 156 Å². The molecule has 0 radical (unpaired) electrons. The molecule has 0 spiro atoms. The summed E-state index contributed by atoms with van der Waals surface area (Å²) in [4.78, 5) is 11.3. The van der Waals surface area contributed by atoms with Gasteiger partial charge in [0.1, 0.15) is 18.8 Å². The number of nitrogens with one attached hydrogen (secondary N) is 1. The van der Waals surface area contributed by atoms with Crippen molar-refractivity contribution in [3.05, 3.63) is 58.4 Å². The van der Waals surface area contributed by atoms with E-state index in [0.29, 0.717) is 35.1 Å². The molecule has 0 saturated heterocycles. The average Bonchev–Trinajstić information content (AvgIpc) is 2.62. The fourth-order valence-corrected chi connectivity index (χ4v) is 2.59. The highest BCUT2D eigenvalue weighted by Crippen LogP contribution is 2.37. The first-order valence-corrected chi connectivity index (χ1v) is 8.29. The number of hydrogen-bond donors (Lipinski definition) is 1. The number of nitrogens with zero attached hydrogens (tertiary/aromatic N) is 1. The Hall–Kier alpha value is -2.78. The number of nitriles is 1. The number of benzene rings is 2. The van der Waals surface area contributed by atoms with Crippen LogP contribution in [-0.2, 0) is 17.8 Å². The zero-order chi connectivity index (χ0) is 18.9. The normalized spacial score (nSPS) is 10.1. The number of methoxy groups -OCH3 is 1. The van der Waals surface area contributed by atoms with Crippen LogP contribution >= 0.6 is 11.6 Å². The van der Waals surface area contributed by atoms with Crippen molar-refractivity contribution in [2.45, 2.75) is 19.4 Å². The Bertz CT molecular complexity index is 821. The van der Waals surface area contributed by atoms with Crippen LogP contribution in [0.25, 0.3) is 0 Å². The summed E-state index contributed by atoms with van der Waals surface area (Å²) < 4.78 is 24.7. The fraction of sp³-hybridized carbons (Fsp3) is 0.263. The van der Waals surface area contributed by atoms with Crippen molar-refractivity contribution < 1.29 is 18.7 Å². The molecule has 0 fully saturated rings. The molecule has 0 heterocycles. The third kappa shape index (κ3) is 5.36. The molecular weight excluding hydrogens is 359 g/mol. The lowest BCUT2D eigenvalue weighted by molar-refractivity contribution is -0.120. The first kappa shape index (κ1) is 19.5. The second kappa shape index (κ2) is 9.64. The van der Waals surface area contributed by atoms with Crippen molar-refractivity contribution in [1.82, 2.24) is 5.32 Å². The van der Waals surface area contributed by atoms with Gasteiger partial charge in [-0.3, -0.25) is 4.79 Å². The van der Waals surface area contributed by atoms with E-state index in [0.717, 1.165) is 5.56 Å². The smallest absolute Gasteiger partial charge is 0.234 e. The average molecular weight is 377 g/mol. The molecule has 7 heteroatoms. The molecule has 0 bridgehead atoms. The largest absolute Gasteiger partial charge is 0.493 e. The Balaban J connectivity index is 2.05. The summed E-state index contributed by atoms with van der Waals surface area (Å²) >= 11 is 6.28. The van der Waals surface area contributed by atoms with E-state index in [-0.39, 0.29) is 24.8 Å². The van der Waals surface area contributed by atoms with E-state index in [2.05, 4.69) is 5.32 Å². The Morgan fingerprint density at radius 1 is 1.35 bits per heavy atom. The molecule has 1 N–H and O–H groups in total. The molecule has 0 saturated carbocycles. The van der Waals surface area contributed by atoms with E-state index in [1.807, 2.05) is 0 Å². The van der Waals surface area contributed by atoms with Crippen molar-refractivity contribution in [1.29, 1.82) is 5.26 Å². The van der Waals surface area contributed by atoms with E-state index in [4.69, 9.17) is 26.3 Å². The van der Waals surface area contributed by atoms with Crippen molar-refractivity contribution in [3.63, 3.8) is 0 Å². The van der Waals surface area contributed by atoms with Crippen LogP contribution in [0.5, 0.6) is 11.5 Å². The van der Waals surface area contributed by atoms with Gasteiger partial charge in [-0.25, -0.2) is 4.39 Å². The van der Waals surface area contributed by atoms with Crippen LogP contribution in [0.4, 0.5) is 4.39 Å². The molecule has 2 aromatic rings. The van der Waals surface area contributed by atoms with Crippen molar-refractivity contribution in [2.24, 2.45) is 0 Å². The third-order valence-corrected chi connectivity index (χ3v) is 3.88. The minimum Gasteiger partial charge on any atom is -0.493 e. The lowest BCUT2D eigenvalue weighted by Crippen LogP contribution is -2.24. The van der Waals surface area contributed by atoms with Gasteiger partial charge in [0.25, 0.3) is 0 Å². The third-order valence-electron chi connectivity index (χ3n) is 3.59. The molecule has 5 nitrogen and oxygen atoms in total. The van der Waals surface area contributed by atoms with Gasteiger partial charge in [-0.05, 0) is 30.2 Å². The van der Waals surface area contributed by atoms with Crippen molar-refractivity contribution >= 4 is 17.5 Å². The van der Waals surface area contributed by atoms with Crippen LogP contribution in [-0.4, -0.2) is 19.6 Å². The Morgan fingerprint density at radius 2 is 2.12 bits per heavy atom. The van der Waals surface area contributed by atoms with E-state index in [1.54, 1.807) is 36.4 Å². The summed E-state index contributed by atoms with van der Waals surface area (Å²) in [6, 6.07) is 11.6. The Morgan fingerprint density at radius 3 is 2.81 bits per heavy atom. The lowest BCUT2D eigenvalue weighted by Gasteiger charge is -2.15. The van der Waals surface area contributed by atoms with Gasteiger partial charge in [-0.1, -0.05) is 29.8 Å². The van der Waals surface area contributed by atoms with E-state index in [9.17, 15) is 9.18 Å². The molecule has 0 aliphatic heterocycles. The molecular formula is C19H18ClFN2O3. The predicted molar refractivity (Wildman–Crippen MR) is 95.7 cm³/mol. The minimum absolute atomic E-state index is 0.0202. The number of rotatable bonds is 8. The van der Waals surface area contributed by atoms with Gasteiger partial charge >= 0.3 is 0 Å². The van der Waals surface area contributed by atoms with Crippen molar-refractivity contribution in [3.8, 4) is 17.6 Å². The Kier molecular flexibility index (Phi) is 7.24. The number of hydrogen-bond acceptors (Lipinski definition) is 4. The van der Waals surface area contributed by atoms with Crippen LogP contribution in [0.1, 0.15) is 17.5 Å². The highest BCUT2D eigenvalue weighted by atomic mass is 35.5. The fourth-order valence-electron chi connectivity index (χ4n) is 2.30. The highest BCUT2D eigenvalue weighted by Gasteiger charge is 2.13. The first-order valence-electron chi connectivity index (χ1n) is 7.91. The van der Waals surface area contributed by atoms with Gasteiger partial charge in [0.15, 0.2) is 11.5 Å². The van der Waals surface area contributed by atoms with Crippen molar-refractivity contribution in [2.75, 3.05) is 13.7 Å². The number of amides is 1. The van der Waals surface area contributed by atoms with Crippen LogP contribution in [0.15, 0.2) is 36.4 Å². The number of ether oxygens (including phenoxy) is 2. The topological polar surface area (TPSA) is 71.3 Å². The number of halogens is 2. The highest BCUT2D eigenvalue weighted by molar-refractivity contribution is 6.32. The maximum atomic E-state index is 13.7. The minimum atomic E-state index is -0.354. The second-order valence-electron chi connectivity index (χ2n) is 5.42. The number of carbonyl (C=O) groups excluding carboxylic acids is 1. The molecule has 1 amide bonds. The predicted octanol–water partition coefficient (Wildman–Crippen LogP) is 3.64. The zero-order valence-corrected chi connectivity index (χ0v) is 15.0. The van der Waals surface area contributed by atoms with E-state index >= 15 is 0 Å². The first-order chi connectivity index (χ1) is 12.5. The molecule has 0 atom stereocenters. The second-order valence-corrected chi connectivity index (χ2v) is 5.83. The summed E-state index contributed by atoms with van der Waals surface area (Å²) in [5.41, 5.74) is 1.25. The van der Waals surface area contributed by atoms with Gasteiger partial charge in [-0.2, -0.15) is 5.26 Å². The lowest BCUT2D eigenvalue weighted by atomic mass is 10.1. The molecule has 26 heavy (non-hydrogen) atoms. The van der Waals surface area contributed by atoms with Gasteiger partial charge in [0.05, 0.1) is 18.2 Å².